The molecule has 0 spiro atoms. The van der Waals surface area contributed by atoms with E-state index in [9.17, 15) is 18.0 Å². The van der Waals surface area contributed by atoms with Crippen LogP contribution in [0.3, 0.4) is 0 Å². The first-order chi connectivity index (χ1) is 17.8. The van der Waals surface area contributed by atoms with Gasteiger partial charge in [0.2, 0.25) is 11.8 Å². The van der Waals surface area contributed by atoms with E-state index in [-0.39, 0.29) is 17.3 Å². The summed E-state index contributed by atoms with van der Waals surface area (Å²) in [4.78, 5) is 28.5. The van der Waals surface area contributed by atoms with Gasteiger partial charge in [-0.05, 0) is 75.7 Å². The van der Waals surface area contributed by atoms with Crippen molar-refractivity contribution in [1.82, 2.24) is 10.2 Å². The average molecular weight is 665 g/mol. The van der Waals surface area contributed by atoms with Gasteiger partial charge in [0.25, 0.3) is 10.0 Å². The summed E-state index contributed by atoms with van der Waals surface area (Å²) < 4.78 is 30.1. The summed E-state index contributed by atoms with van der Waals surface area (Å²) in [6.45, 7) is 6.86. The number of nitrogens with zero attached hydrogens (tertiary/aromatic N) is 2. The number of hydrogen-bond acceptors (Lipinski definition) is 4. The summed E-state index contributed by atoms with van der Waals surface area (Å²) in [5, 5.41) is 2.92. The van der Waals surface area contributed by atoms with Crippen molar-refractivity contribution >= 4 is 59.4 Å². The molecule has 3 rings (SSSR count). The molecule has 10 heteroatoms. The smallest absolute Gasteiger partial charge is 0.264 e. The van der Waals surface area contributed by atoms with Crippen LogP contribution in [-0.2, 0) is 26.2 Å². The van der Waals surface area contributed by atoms with Gasteiger partial charge in [-0.15, -0.1) is 0 Å². The Balaban J connectivity index is 2.03. The Morgan fingerprint density at radius 1 is 0.895 bits per heavy atom. The van der Waals surface area contributed by atoms with Crippen LogP contribution in [0.5, 0.6) is 0 Å². The molecule has 0 fully saturated rings. The number of halogens is 2. The second kappa shape index (κ2) is 12.4. The Morgan fingerprint density at radius 3 is 2.08 bits per heavy atom. The zero-order chi connectivity index (χ0) is 28.1. The number of nitrogens with one attached hydrogen (secondary N) is 1. The molecule has 0 saturated carbocycles. The number of hydrogen-bond donors (Lipinski definition) is 1. The largest absolute Gasteiger partial charge is 0.350 e. The Morgan fingerprint density at radius 2 is 1.50 bits per heavy atom. The minimum absolute atomic E-state index is 0.0600. The molecule has 3 aromatic carbocycles. The predicted molar refractivity (Wildman–Crippen MR) is 157 cm³/mol. The van der Waals surface area contributed by atoms with Crippen LogP contribution in [0.15, 0.2) is 92.7 Å². The molecule has 202 valence electrons. The molecule has 0 saturated heterocycles. The van der Waals surface area contributed by atoms with Gasteiger partial charge in [-0.3, -0.25) is 13.9 Å². The third-order valence-corrected chi connectivity index (χ3v) is 8.39. The van der Waals surface area contributed by atoms with Gasteiger partial charge in [-0.25, -0.2) is 8.42 Å². The number of anilines is 1. The van der Waals surface area contributed by atoms with E-state index in [1.165, 1.54) is 17.0 Å². The number of carbonyl (C=O) groups is 2. The molecule has 0 radical (unpaired) electrons. The molecule has 0 aliphatic carbocycles. The highest BCUT2D eigenvalue weighted by Gasteiger charge is 2.33. The number of amides is 2. The normalized spacial score (nSPS) is 12.5. The fourth-order valence-corrected chi connectivity index (χ4v) is 6.03. The molecule has 3 aromatic rings. The molecule has 38 heavy (non-hydrogen) atoms. The Kier molecular flexibility index (Phi) is 9.78. The summed E-state index contributed by atoms with van der Waals surface area (Å²) >= 11 is 6.85. The zero-order valence-corrected chi connectivity index (χ0v) is 25.7. The lowest BCUT2D eigenvalue weighted by Gasteiger charge is -2.33. The molecule has 0 bridgehead atoms. The van der Waals surface area contributed by atoms with Gasteiger partial charge in [0.05, 0.1) is 10.6 Å². The van der Waals surface area contributed by atoms with E-state index >= 15 is 0 Å². The topological polar surface area (TPSA) is 86.8 Å². The van der Waals surface area contributed by atoms with Crippen molar-refractivity contribution in [2.75, 3.05) is 10.8 Å². The van der Waals surface area contributed by atoms with Crippen LogP contribution in [0.4, 0.5) is 5.69 Å². The van der Waals surface area contributed by atoms with Crippen LogP contribution in [0.25, 0.3) is 0 Å². The molecule has 1 atom stereocenters. The van der Waals surface area contributed by atoms with Crippen LogP contribution < -0.4 is 9.62 Å². The van der Waals surface area contributed by atoms with Gasteiger partial charge in [-0.2, -0.15) is 0 Å². The molecule has 0 heterocycles. The van der Waals surface area contributed by atoms with Crippen molar-refractivity contribution in [2.45, 2.75) is 50.7 Å². The van der Waals surface area contributed by atoms with Crippen molar-refractivity contribution in [2.24, 2.45) is 0 Å². The Hall–Kier alpha value is -2.69. The monoisotopic (exact) mass is 663 g/mol. The van der Waals surface area contributed by atoms with E-state index in [1.54, 1.807) is 49.4 Å². The molecule has 7 nitrogen and oxygen atoms in total. The molecule has 0 unspecified atom stereocenters. The summed E-state index contributed by atoms with van der Waals surface area (Å²) in [6, 6.07) is 21.3. The van der Waals surface area contributed by atoms with Crippen LogP contribution in [0.2, 0.25) is 0 Å². The van der Waals surface area contributed by atoms with E-state index in [0.29, 0.717) is 10.2 Å². The van der Waals surface area contributed by atoms with E-state index in [2.05, 4.69) is 37.2 Å². The minimum atomic E-state index is -4.10. The fourth-order valence-electron chi connectivity index (χ4n) is 3.77. The van der Waals surface area contributed by atoms with E-state index in [4.69, 9.17) is 0 Å². The standard InChI is InChI=1S/C28H31Br2N3O4S/c1-20(27(35)31-28(2,3)4)32(18-21-10-8-11-22(29)16-21)26(34)19-33(24-13-9-12-23(30)17-24)38(36,37)25-14-6-5-7-15-25/h5-17,20H,18-19H2,1-4H3,(H,31,35)/t20-/m1/s1. The van der Waals surface area contributed by atoms with Gasteiger partial charge < -0.3 is 10.2 Å². The van der Waals surface area contributed by atoms with Crippen LogP contribution in [-0.4, -0.2) is 43.3 Å². The van der Waals surface area contributed by atoms with Crippen LogP contribution in [0, 0.1) is 0 Å². The Bertz CT molecular complexity index is 1390. The second-order valence-electron chi connectivity index (χ2n) is 9.87. The minimum Gasteiger partial charge on any atom is -0.350 e. The number of carbonyl (C=O) groups excluding carboxylic acids is 2. The molecule has 1 N–H and O–H groups in total. The number of benzene rings is 3. The van der Waals surface area contributed by atoms with Crippen molar-refractivity contribution in [1.29, 1.82) is 0 Å². The third kappa shape index (κ3) is 7.91. The maximum atomic E-state index is 13.9. The first-order valence-corrected chi connectivity index (χ1v) is 15.0. The predicted octanol–water partition coefficient (Wildman–Crippen LogP) is 5.74. The van der Waals surface area contributed by atoms with Crippen LogP contribution in [0.1, 0.15) is 33.3 Å². The van der Waals surface area contributed by atoms with Crippen molar-refractivity contribution in [3.8, 4) is 0 Å². The van der Waals surface area contributed by atoms with Gasteiger partial charge in [0.15, 0.2) is 0 Å². The lowest BCUT2D eigenvalue weighted by molar-refractivity contribution is -0.140. The summed E-state index contributed by atoms with van der Waals surface area (Å²) in [5.74, 6) is -0.846. The molecular formula is C28H31Br2N3O4S. The SMILES string of the molecule is C[C@H](C(=O)NC(C)(C)C)N(Cc1cccc(Br)c1)C(=O)CN(c1cccc(Br)c1)S(=O)(=O)c1ccccc1. The first kappa shape index (κ1) is 29.9. The highest BCUT2D eigenvalue weighted by Crippen LogP contribution is 2.27. The lowest BCUT2D eigenvalue weighted by Crippen LogP contribution is -2.54. The van der Waals surface area contributed by atoms with Gasteiger partial charge in [-0.1, -0.05) is 68.3 Å². The second-order valence-corrected chi connectivity index (χ2v) is 13.6. The molecule has 0 aliphatic rings. The van der Waals surface area contributed by atoms with Crippen LogP contribution >= 0.6 is 31.9 Å². The van der Waals surface area contributed by atoms with Crippen molar-refractivity contribution < 1.29 is 18.0 Å². The highest BCUT2D eigenvalue weighted by atomic mass is 79.9. The lowest BCUT2D eigenvalue weighted by atomic mass is 10.1. The zero-order valence-electron chi connectivity index (χ0n) is 21.7. The quantitative estimate of drug-likeness (QED) is 0.316. The third-order valence-electron chi connectivity index (χ3n) is 5.61. The van der Waals surface area contributed by atoms with Gasteiger partial charge in [0.1, 0.15) is 12.6 Å². The maximum Gasteiger partial charge on any atom is 0.264 e. The highest BCUT2D eigenvalue weighted by molar-refractivity contribution is 9.10. The van der Waals surface area contributed by atoms with E-state index in [1.807, 2.05) is 45.0 Å². The number of sulfonamides is 1. The first-order valence-electron chi connectivity index (χ1n) is 12.0. The fraction of sp³-hybridized carbons (Fsp3) is 0.286. The van der Waals surface area contributed by atoms with Gasteiger partial charge >= 0.3 is 0 Å². The molecule has 0 aromatic heterocycles. The van der Waals surface area contributed by atoms with Crippen molar-refractivity contribution in [3.63, 3.8) is 0 Å². The molecular weight excluding hydrogens is 634 g/mol. The van der Waals surface area contributed by atoms with Crippen molar-refractivity contribution in [3.05, 3.63) is 93.4 Å². The maximum absolute atomic E-state index is 13.9. The van der Waals surface area contributed by atoms with E-state index in [0.717, 1.165) is 14.3 Å². The number of rotatable bonds is 9. The summed E-state index contributed by atoms with van der Waals surface area (Å²) in [5.41, 5.74) is 0.614. The Labute approximate surface area is 241 Å². The van der Waals surface area contributed by atoms with Gasteiger partial charge in [0, 0.05) is 21.0 Å². The summed E-state index contributed by atoms with van der Waals surface area (Å²) in [7, 11) is -4.10. The summed E-state index contributed by atoms with van der Waals surface area (Å²) in [6.07, 6.45) is 0. The molecule has 2 amide bonds. The van der Waals surface area contributed by atoms with E-state index < -0.39 is 34.1 Å². The average Bonchev–Trinajstić information content (AvgIpc) is 2.84. The molecule has 0 aliphatic heterocycles.